The van der Waals surface area contributed by atoms with Crippen molar-refractivity contribution in [2.75, 3.05) is 0 Å². The van der Waals surface area contributed by atoms with Gasteiger partial charge in [0, 0.05) is 5.02 Å². The fraction of sp³-hybridized carbons (Fsp3) is 0.0625. The summed E-state index contributed by atoms with van der Waals surface area (Å²) < 4.78 is 0. The number of aliphatic hydroxyl groups is 1. The smallest absolute Gasteiger partial charge is 0.278 e. The summed E-state index contributed by atoms with van der Waals surface area (Å²) >= 11 is 5.85. The van der Waals surface area contributed by atoms with Gasteiger partial charge >= 0.3 is 0 Å². The van der Waals surface area contributed by atoms with E-state index in [0.29, 0.717) is 21.6 Å². The fourth-order valence-corrected chi connectivity index (χ4v) is 2.31. The second-order valence-corrected chi connectivity index (χ2v) is 5.19. The van der Waals surface area contributed by atoms with E-state index in [0.717, 1.165) is 0 Å². The van der Waals surface area contributed by atoms with Crippen LogP contribution in [-0.4, -0.2) is 20.9 Å². The first-order valence-electron chi connectivity index (χ1n) is 6.53. The Morgan fingerprint density at radius 2 is 1.91 bits per heavy atom. The zero-order chi connectivity index (χ0) is 15.7. The number of benzene rings is 2. The molecule has 1 aromatic heterocycles. The van der Waals surface area contributed by atoms with Gasteiger partial charge in [-0.1, -0.05) is 41.9 Å². The van der Waals surface area contributed by atoms with Crippen LogP contribution in [0.4, 0.5) is 0 Å². The van der Waals surface area contributed by atoms with Crippen molar-refractivity contribution in [2.45, 2.75) is 6.10 Å². The Morgan fingerprint density at radius 1 is 1.18 bits per heavy atom. The van der Waals surface area contributed by atoms with Gasteiger partial charge in [0.1, 0.15) is 6.10 Å². The average molecular weight is 315 g/mol. The van der Waals surface area contributed by atoms with Gasteiger partial charge in [0.15, 0.2) is 5.69 Å². The van der Waals surface area contributed by atoms with Crippen LogP contribution in [0.25, 0.3) is 11.0 Å². The van der Waals surface area contributed by atoms with Crippen LogP contribution < -0.4 is 5.56 Å². The number of aliphatic hydroxyl groups excluding tert-OH is 1. The van der Waals surface area contributed by atoms with Crippen LogP contribution in [0.1, 0.15) is 22.2 Å². The fourth-order valence-electron chi connectivity index (χ4n) is 2.14. The van der Waals surface area contributed by atoms with Gasteiger partial charge in [0.2, 0.25) is 5.78 Å². The second kappa shape index (κ2) is 5.71. The summed E-state index contributed by atoms with van der Waals surface area (Å²) in [5.41, 5.74) is 0.279. The van der Waals surface area contributed by atoms with Crippen molar-refractivity contribution in [3.8, 4) is 0 Å². The van der Waals surface area contributed by atoms with Crippen molar-refractivity contribution >= 4 is 28.4 Å². The largest absolute Gasteiger partial charge is 0.380 e. The highest BCUT2D eigenvalue weighted by atomic mass is 35.5. The Balaban J connectivity index is 2.06. The summed E-state index contributed by atoms with van der Waals surface area (Å²) in [6, 6.07) is 13.1. The van der Waals surface area contributed by atoms with Crippen LogP contribution in [0.2, 0.25) is 5.02 Å². The maximum absolute atomic E-state index is 12.3. The number of carbonyl (C=O) groups excluding carboxylic acids is 1. The van der Waals surface area contributed by atoms with Gasteiger partial charge in [-0.05, 0) is 23.8 Å². The predicted octanol–water partition coefficient (Wildman–Crippen LogP) is 2.49. The minimum absolute atomic E-state index is 0.328. The quantitative estimate of drug-likeness (QED) is 0.728. The highest BCUT2D eigenvalue weighted by Crippen LogP contribution is 2.18. The number of rotatable bonds is 3. The molecule has 5 nitrogen and oxygen atoms in total. The van der Waals surface area contributed by atoms with Gasteiger partial charge in [0.25, 0.3) is 5.56 Å². The lowest BCUT2D eigenvalue weighted by Crippen LogP contribution is -2.24. The van der Waals surface area contributed by atoms with E-state index < -0.39 is 17.4 Å². The van der Waals surface area contributed by atoms with Gasteiger partial charge in [-0.3, -0.25) is 9.59 Å². The van der Waals surface area contributed by atoms with E-state index in [1.165, 1.54) is 0 Å². The number of carbonyl (C=O) groups is 1. The third-order valence-corrected chi connectivity index (χ3v) is 3.49. The van der Waals surface area contributed by atoms with Crippen molar-refractivity contribution in [3.05, 3.63) is 75.2 Å². The maximum atomic E-state index is 12.3. The molecule has 6 heteroatoms. The molecule has 3 rings (SSSR count). The number of halogens is 1. The standard InChI is InChI=1S/C16H11ClN2O3/c17-10-6-7-11-12(8-10)19-16(22)13(18-11)15(21)14(20)9-4-2-1-3-5-9/h1-8,14,20H,(H,19,22)/t14-/m0/s1. The average Bonchev–Trinajstić information content (AvgIpc) is 2.53. The highest BCUT2D eigenvalue weighted by molar-refractivity contribution is 6.31. The zero-order valence-electron chi connectivity index (χ0n) is 11.3. The summed E-state index contributed by atoms with van der Waals surface area (Å²) in [7, 11) is 0. The number of Topliss-reactive ketones (excluding diaryl/α,β-unsaturated/α-hetero) is 1. The van der Waals surface area contributed by atoms with E-state index in [1.807, 2.05) is 0 Å². The third-order valence-electron chi connectivity index (χ3n) is 3.25. The lowest BCUT2D eigenvalue weighted by atomic mass is 10.0. The minimum Gasteiger partial charge on any atom is -0.380 e. The molecule has 0 radical (unpaired) electrons. The molecule has 22 heavy (non-hydrogen) atoms. The minimum atomic E-state index is -1.43. The van der Waals surface area contributed by atoms with Gasteiger partial charge in [-0.15, -0.1) is 0 Å². The lowest BCUT2D eigenvalue weighted by molar-refractivity contribution is 0.0740. The van der Waals surface area contributed by atoms with E-state index in [2.05, 4.69) is 9.97 Å². The summed E-state index contributed by atoms with van der Waals surface area (Å²) in [5.74, 6) is -0.746. The topological polar surface area (TPSA) is 83.0 Å². The first-order valence-corrected chi connectivity index (χ1v) is 6.91. The number of nitrogens with one attached hydrogen (secondary N) is 1. The number of ketones is 1. The van der Waals surface area contributed by atoms with Crippen molar-refractivity contribution in [1.29, 1.82) is 0 Å². The summed E-state index contributed by atoms with van der Waals surface area (Å²) in [5, 5.41) is 10.6. The van der Waals surface area contributed by atoms with E-state index in [1.54, 1.807) is 48.5 Å². The monoisotopic (exact) mass is 314 g/mol. The Morgan fingerprint density at radius 3 is 2.64 bits per heavy atom. The summed E-state index contributed by atoms with van der Waals surface area (Å²) in [4.78, 5) is 30.9. The van der Waals surface area contributed by atoms with Crippen LogP contribution >= 0.6 is 11.6 Å². The molecule has 0 amide bonds. The summed E-state index contributed by atoms with van der Waals surface area (Å²) in [6.07, 6.45) is -1.43. The predicted molar refractivity (Wildman–Crippen MR) is 83.1 cm³/mol. The third kappa shape index (κ3) is 2.64. The molecule has 0 aliphatic rings. The number of aromatic nitrogens is 2. The first kappa shape index (κ1) is 14.4. The Kier molecular flexibility index (Phi) is 3.75. The first-order chi connectivity index (χ1) is 10.6. The Labute approximate surface area is 130 Å². The van der Waals surface area contributed by atoms with Gasteiger partial charge in [-0.2, -0.15) is 0 Å². The van der Waals surface area contributed by atoms with Crippen LogP contribution in [-0.2, 0) is 0 Å². The molecular formula is C16H11ClN2O3. The van der Waals surface area contributed by atoms with E-state index in [4.69, 9.17) is 11.6 Å². The van der Waals surface area contributed by atoms with E-state index in [-0.39, 0.29) is 5.69 Å². The molecule has 0 aliphatic carbocycles. The Bertz CT molecular complexity index is 906. The molecule has 1 heterocycles. The Hall–Kier alpha value is -2.50. The van der Waals surface area contributed by atoms with E-state index in [9.17, 15) is 14.7 Å². The molecule has 0 spiro atoms. The zero-order valence-corrected chi connectivity index (χ0v) is 12.0. The molecule has 0 saturated carbocycles. The number of fused-ring (bicyclic) bond motifs is 1. The van der Waals surface area contributed by atoms with Crippen LogP contribution in [0.5, 0.6) is 0 Å². The van der Waals surface area contributed by atoms with Crippen LogP contribution in [0.15, 0.2) is 53.3 Å². The molecule has 1 atom stereocenters. The molecule has 0 aliphatic heterocycles. The number of aromatic amines is 1. The molecule has 2 N–H and O–H groups in total. The molecule has 2 aromatic carbocycles. The number of nitrogens with zero attached hydrogens (tertiary/aromatic N) is 1. The number of H-pyrrole nitrogens is 1. The second-order valence-electron chi connectivity index (χ2n) is 4.75. The molecule has 0 saturated heterocycles. The van der Waals surface area contributed by atoms with E-state index >= 15 is 0 Å². The molecule has 3 aromatic rings. The maximum Gasteiger partial charge on any atom is 0.278 e. The molecule has 110 valence electrons. The van der Waals surface area contributed by atoms with Crippen LogP contribution in [0, 0.1) is 0 Å². The van der Waals surface area contributed by atoms with Gasteiger partial charge in [0.05, 0.1) is 11.0 Å². The van der Waals surface area contributed by atoms with Crippen molar-refractivity contribution in [2.24, 2.45) is 0 Å². The van der Waals surface area contributed by atoms with Gasteiger partial charge in [-0.25, -0.2) is 4.98 Å². The summed E-state index contributed by atoms with van der Waals surface area (Å²) in [6.45, 7) is 0. The highest BCUT2D eigenvalue weighted by Gasteiger charge is 2.23. The molecule has 0 fully saturated rings. The molecular weight excluding hydrogens is 304 g/mol. The number of hydrogen-bond donors (Lipinski definition) is 2. The molecule has 0 unspecified atom stereocenters. The van der Waals surface area contributed by atoms with Crippen molar-refractivity contribution in [1.82, 2.24) is 9.97 Å². The lowest BCUT2D eigenvalue weighted by Gasteiger charge is -2.09. The van der Waals surface area contributed by atoms with Crippen molar-refractivity contribution < 1.29 is 9.90 Å². The van der Waals surface area contributed by atoms with Crippen molar-refractivity contribution in [3.63, 3.8) is 0 Å². The number of hydrogen-bond acceptors (Lipinski definition) is 4. The van der Waals surface area contributed by atoms with Gasteiger partial charge < -0.3 is 10.1 Å². The molecule has 0 bridgehead atoms. The normalized spacial score (nSPS) is 12.3. The van der Waals surface area contributed by atoms with Crippen LogP contribution in [0.3, 0.4) is 0 Å². The SMILES string of the molecule is O=C(c1nc2ccc(Cl)cc2[nH]c1=O)[C@@H](O)c1ccccc1.